The van der Waals surface area contributed by atoms with Crippen LogP contribution in [0.25, 0.3) is 0 Å². The van der Waals surface area contributed by atoms with Gasteiger partial charge in [0.25, 0.3) is 0 Å². The average Bonchev–Trinajstić information content (AvgIpc) is 2.65. The molecular weight excluding hydrogens is 306 g/mol. The molecule has 1 saturated heterocycles. The first kappa shape index (κ1) is 13.9. The van der Waals surface area contributed by atoms with Crippen LogP contribution in [0, 0.1) is 11.3 Å². The van der Waals surface area contributed by atoms with Gasteiger partial charge in [-0.15, -0.1) is 0 Å². The summed E-state index contributed by atoms with van der Waals surface area (Å²) in [6, 6.07) is 1.34. The van der Waals surface area contributed by atoms with Crippen molar-refractivity contribution in [2.75, 3.05) is 13.1 Å². The van der Waals surface area contributed by atoms with E-state index in [-0.39, 0.29) is 27.9 Å². The van der Waals surface area contributed by atoms with Crippen LogP contribution in [0.3, 0.4) is 0 Å². The highest BCUT2D eigenvalue weighted by Crippen LogP contribution is 2.54. The van der Waals surface area contributed by atoms with Crippen LogP contribution in [-0.2, 0) is 14.8 Å². The van der Waals surface area contributed by atoms with Crippen LogP contribution in [0.1, 0.15) is 19.3 Å². The number of carbonyl (C=O) groups is 1. The summed E-state index contributed by atoms with van der Waals surface area (Å²) < 4.78 is 30.7. The Morgan fingerprint density at radius 2 is 2.15 bits per heavy atom. The molecule has 1 N–H and O–H groups in total. The van der Waals surface area contributed by atoms with Crippen molar-refractivity contribution < 1.29 is 22.7 Å². The molecule has 1 aliphatic carbocycles. The van der Waals surface area contributed by atoms with Gasteiger partial charge >= 0.3 is 5.97 Å². The zero-order chi connectivity index (χ0) is 14.5. The molecule has 0 bridgehead atoms. The van der Waals surface area contributed by atoms with E-state index in [9.17, 15) is 13.2 Å². The lowest BCUT2D eigenvalue weighted by molar-refractivity contribution is -0.142. The van der Waals surface area contributed by atoms with Crippen molar-refractivity contribution in [3.8, 4) is 0 Å². The van der Waals surface area contributed by atoms with E-state index < -0.39 is 16.0 Å². The Hall–Kier alpha value is -1.05. The summed E-state index contributed by atoms with van der Waals surface area (Å²) >= 11 is 5.71. The maximum Gasteiger partial charge on any atom is 0.303 e. The maximum atomic E-state index is 12.3. The monoisotopic (exact) mass is 319 g/mol. The van der Waals surface area contributed by atoms with E-state index >= 15 is 0 Å². The summed E-state index contributed by atoms with van der Waals surface area (Å²) in [4.78, 5) is 10.6. The van der Waals surface area contributed by atoms with E-state index in [1.54, 1.807) is 0 Å². The molecule has 1 aromatic heterocycles. The van der Waals surface area contributed by atoms with Gasteiger partial charge in [0.15, 0.2) is 0 Å². The Balaban J connectivity index is 1.62. The number of nitrogens with zero attached hydrogens (tertiary/aromatic N) is 1. The molecule has 20 heavy (non-hydrogen) atoms. The van der Waals surface area contributed by atoms with Crippen LogP contribution in [0.15, 0.2) is 21.6 Å². The minimum absolute atomic E-state index is 0.00424. The molecule has 3 rings (SSSR count). The number of halogens is 1. The molecule has 1 aliphatic heterocycles. The first-order valence-electron chi connectivity index (χ1n) is 6.27. The van der Waals surface area contributed by atoms with E-state index in [1.807, 2.05) is 0 Å². The fourth-order valence-corrected chi connectivity index (χ4v) is 5.34. The van der Waals surface area contributed by atoms with Crippen molar-refractivity contribution in [1.29, 1.82) is 0 Å². The Morgan fingerprint density at radius 1 is 1.50 bits per heavy atom. The quantitative estimate of drug-likeness (QED) is 0.914. The SMILES string of the molecule is O=C(O)CC1CC2(C1)CN(S(=O)(=O)c1ccoc1Cl)C2. The fourth-order valence-electron chi connectivity index (χ4n) is 3.29. The lowest BCUT2D eigenvalue weighted by atomic mass is 9.58. The summed E-state index contributed by atoms with van der Waals surface area (Å²) in [5, 5.41) is 8.59. The number of furan rings is 1. The van der Waals surface area contributed by atoms with Gasteiger partial charge in [0, 0.05) is 19.5 Å². The van der Waals surface area contributed by atoms with Crippen LogP contribution in [0.5, 0.6) is 0 Å². The standard InChI is InChI=1S/C12H14ClNO5S/c13-11-9(1-2-19-11)20(17,18)14-6-12(7-14)4-8(5-12)3-10(15)16/h1-2,8H,3-7H2,(H,15,16). The van der Waals surface area contributed by atoms with Gasteiger partial charge in [-0.3, -0.25) is 4.79 Å². The van der Waals surface area contributed by atoms with Gasteiger partial charge in [-0.2, -0.15) is 4.31 Å². The topological polar surface area (TPSA) is 87.8 Å². The maximum absolute atomic E-state index is 12.3. The summed E-state index contributed by atoms with van der Waals surface area (Å²) in [5.74, 6) is -0.617. The normalized spacial score (nSPS) is 22.4. The summed E-state index contributed by atoms with van der Waals surface area (Å²) in [5.41, 5.74) is -0.0244. The van der Waals surface area contributed by atoms with Crippen molar-refractivity contribution in [1.82, 2.24) is 4.31 Å². The Bertz CT molecular complexity index is 639. The largest absolute Gasteiger partial charge is 0.481 e. The first-order chi connectivity index (χ1) is 9.32. The van der Waals surface area contributed by atoms with Crippen molar-refractivity contribution in [2.45, 2.75) is 24.2 Å². The van der Waals surface area contributed by atoms with Crippen LogP contribution in [0.2, 0.25) is 5.22 Å². The highest BCUT2D eigenvalue weighted by atomic mass is 35.5. The second-order valence-electron chi connectivity index (χ2n) is 5.70. The molecule has 1 saturated carbocycles. The lowest BCUT2D eigenvalue weighted by Crippen LogP contribution is -2.63. The molecule has 6 nitrogen and oxygen atoms in total. The third kappa shape index (κ3) is 2.13. The number of carboxylic acid groups (broad SMARTS) is 1. The number of carboxylic acids is 1. The molecule has 1 spiro atoms. The minimum atomic E-state index is -3.59. The second-order valence-corrected chi connectivity index (χ2v) is 7.95. The van der Waals surface area contributed by atoms with Gasteiger partial charge in [0.1, 0.15) is 4.90 Å². The van der Waals surface area contributed by atoms with Gasteiger partial charge < -0.3 is 9.52 Å². The zero-order valence-corrected chi connectivity index (χ0v) is 12.2. The van der Waals surface area contributed by atoms with Crippen LogP contribution in [0.4, 0.5) is 0 Å². The van der Waals surface area contributed by atoms with E-state index in [1.165, 1.54) is 16.6 Å². The van der Waals surface area contributed by atoms with E-state index in [4.69, 9.17) is 21.1 Å². The molecular formula is C12H14ClNO5S. The first-order valence-corrected chi connectivity index (χ1v) is 8.09. The molecule has 0 radical (unpaired) electrons. The third-order valence-corrected chi connectivity index (χ3v) is 6.35. The molecule has 0 aromatic carbocycles. The van der Waals surface area contributed by atoms with Crippen molar-refractivity contribution in [3.05, 3.63) is 17.5 Å². The minimum Gasteiger partial charge on any atom is -0.481 e. The number of aliphatic carboxylic acids is 1. The smallest absolute Gasteiger partial charge is 0.303 e. The molecule has 2 aliphatic rings. The van der Waals surface area contributed by atoms with Gasteiger partial charge in [-0.1, -0.05) is 0 Å². The summed E-state index contributed by atoms with van der Waals surface area (Å²) in [6.45, 7) is 0.875. The number of hydrogen-bond donors (Lipinski definition) is 1. The van der Waals surface area contributed by atoms with Crippen molar-refractivity contribution >= 4 is 27.6 Å². The number of hydrogen-bond acceptors (Lipinski definition) is 4. The highest BCUT2D eigenvalue weighted by Gasteiger charge is 2.56. The van der Waals surface area contributed by atoms with Gasteiger partial charge in [-0.25, -0.2) is 8.42 Å². The summed E-state index contributed by atoms with van der Waals surface area (Å²) in [7, 11) is -3.59. The lowest BCUT2D eigenvalue weighted by Gasteiger charge is -2.58. The van der Waals surface area contributed by atoms with E-state index in [0.29, 0.717) is 13.1 Å². The highest BCUT2D eigenvalue weighted by molar-refractivity contribution is 7.89. The van der Waals surface area contributed by atoms with Crippen LogP contribution in [-0.4, -0.2) is 36.9 Å². The summed E-state index contributed by atoms with van der Waals surface area (Å²) in [6.07, 6.45) is 2.98. The molecule has 1 aromatic rings. The predicted molar refractivity (Wildman–Crippen MR) is 69.9 cm³/mol. The van der Waals surface area contributed by atoms with Crippen LogP contribution >= 0.6 is 11.6 Å². The Morgan fingerprint density at radius 3 is 2.65 bits per heavy atom. The molecule has 0 amide bonds. The number of rotatable bonds is 4. The average molecular weight is 320 g/mol. The third-order valence-electron chi connectivity index (χ3n) is 4.13. The number of sulfonamides is 1. The van der Waals surface area contributed by atoms with Gasteiger partial charge in [0.05, 0.1) is 6.26 Å². The second kappa shape index (κ2) is 4.47. The predicted octanol–water partition coefficient (Wildman–Crippen LogP) is 1.81. The van der Waals surface area contributed by atoms with Crippen molar-refractivity contribution in [3.63, 3.8) is 0 Å². The van der Waals surface area contributed by atoms with E-state index in [2.05, 4.69) is 0 Å². The Labute approximate surface area is 121 Å². The van der Waals surface area contributed by atoms with Crippen molar-refractivity contribution in [2.24, 2.45) is 11.3 Å². The molecule has 2 fully saturated rings. The zero-order valence-electron chi connectivity index (χ0n) is 10.6. The van der Waals surface area contributed by atoms with Gasteiger partial charge in [0.2, 0.25) is 15.2 Å². The molecule has 8 heteroatoms. The van der Waals surface area contributed by atoms with Crippen LogP contribution < -0.4 is 0 Å². The fraction of sp³-hybridized carbons (Fsp3) is 0.583. The molecule has 110 valence electrons. The van der Waals surface area contributed by atoms with E-state index in [0.717, 1.165) is 12.8 Å². The molecule has 0 atom stereocenters. The molecule has 2 heterocycles. The Kier molecular flexibility index (Phi) is 3.11. The molecule has 0 unspecified atom stereocenters. The van der Waals surface area contributed by atoms with Gasteiger partial charge in [-0.05, 0) is 41.8 Å².